The molecule has 0 atom stereocenters. The smallest absolute Gasteiger partial charge is 0.202 e. The highest BCUT2D eigenvalue weighted by Gasteiger charge is 2.10. The summed E-state index contributed by atoms with van der Waals surface area (Å²) in [5.41, 5.74) is 2.94. The molecule has 0 saturated carbocycles. The lowest BCUT2D eigenvalue weighted by atomic mass is 10.1. The molecule has 2 aromatic carbocycles. The van der Waals surface area contributed by atoms with E-state index in [1.807, 2.05) is 38.1 Å². The number of hydrogen-bond donors (Lipinski definition) is 0. The van der Waals surface area contributed by atoms with Crippen molar-refractivity contribution in [3.05, 3.63) is 71.8 Å². The summed E-state index contributed by atoms with van der Waals surface area (Å²) in [6.07, 6.45) is 3.37. The second-order valence-electron chi connectivity index (χ2n) is 5.67. The molecule has 4 rings (SSSR count). The van der Waals surface area contributed by atoms with Crippen LogP contribution in [-0.4, -0.2) is 30.9 Å². The fourth-order valence-corrected chi connectivity index (χ4v) is 2.69. The Hall–Kier alpha value is -3.28. The topological polar surface area (TPSA) is 60.9 Å². The first kappa shape index (κ1) is 14.3. The molecule has 0 aliphatic rings. The van der Waals surface area contributed by atoms with Crippen molar-refractivity contribution < 1.29 is 0 Å². The van der Waals surface area contributed by atoms with Crippen molar-refractivity contribution in [1.29, 1.82) is 0 Å². The van der Waals surface area contributed by atoms with Crippen molar-refractivity contribution >= 4 is 17.0 Å². The van der Waals surface area contributed by atoms with E-state index in [0.717, 1.165) is 17.0 Å². The van der Waals surface area contributed by atoms with Gasteiger partial charge >= 0.3 is 0 Å². The molecule has 0 bridgehead atoms. The van der Waals surface area contributed by atoms with Crippen LogP contribution in [0.5, 0.6) is 0 Å². The Morgan fingerprint density at radius 1 is 1.00 bits per heavy atom. The molecule has 2 heterocycles. The predicted octanol–water partition coefficient (Wildman–Crippen LogP) is 3.12. The standard InChI is InChI=1S/C18H16N6/c1-13-9-14(2)24(22-13)18-21-19-12-23(18)20-11-15-7-8-16-5-3-4-6-17(16)10-15/h3-12H,1-2H3/b20-11+. The van der Waals surface area contributed by atoms with Crippen LogP contribution < -0.4 is 0 Å². The molecule has 118 valence electrons. The van der Waals surface area contributed by atoms with Gasteiger partial charge in [-0.3, -0.25) is 0 Å². The average molecular weight is 316 g/mol. The molecule has 0 N–H and O–H groups in total. The molecule has 0 radical (unpaired) electrons. The molecule has 0 amide bonds. The lowest BCUT2D eigenvalue weighted by Gasteiger charge is -2.03. The van der Waals surface area contributed by atoms with Crippen LogP contribution in [0, 0.1) is 13.8 Å². The van der Waals surface area contributed by atoms with Gasteiger partial charge in [0.15, 0.2) is 0 Å². The van der Waals surface area contributed by atoms with E-state index in [9.17, 15) is 0 Å². The predicted molar refractivity (Wildman–Crippen MR) is 93.6 cm³/mol. The number of fused-ring (bicyclic) bond motifs is 1. The second-order valence-corrected chi connectivity index (χ2v) is 5.67. The maximum Gasteiger partial charge on any atom is 0.273 e. The van der Waals surface area contributed by atoms with Gasteiger partial charge in [0.25, 0.3) is 5.95 Å². The first-order valence-corrected chi connectivity index (χ1v) is 7.67. The maximum absolute atomic E-state index is 4.48. The molecule has 6 nitrogen and oxygen atoms in total. The minimum atomic E-state index is 0.567. The van der Waals surface area contributed by atoms with E-state index in [1.54, 1.807) is 21.9 Å². The van der Waals surface area contributed by atoms with Crippen LogP contribution in [0.4, 0.5) is 0 Å². The van der Waals surface area contributed by atoms with Crippen LogP contribution in [0.3, 0.4) is 0 Å². The summed E-state index contributed by atoms with van der Waals surface area (Å²) in [6.45, 7) is 3.93. The molecule has 4 aromatic rings. The third-order valence-electron chi connectivity index (χ3n) is 3.82. The van der Waals surface area contributed by atoms with Crippen molar-refractivity contribution in [1.82, 2.24) is 24.7 Å². The van der Waals surface area contributed by atoms with Gasteiger partial charge in [0, 0.05) is 5.69 Å². The fourth-order valence-electron chi connectivity index (χ4n) is 2.69. The minimum Gasteiger partial charge on any atom is -0.202 e. The molecule has 0 spiro atoms. The molecular formula is C18H16N6. The van der Waals surface area contributed by atoms with Crippen LogP contribution in [0.25, 0.3) is 16.7 Å². The summed E-state index contributed by atoms with van der Waals surface area (Å²) in [6, 6.07) is 16.5. The Bertz CT molecular complexity index is 1040. The van der Waals surface area contributed by atoms with Crippen LogP contribution in [0.1, 0.15) is 17.0 Å². The first-order chi connectivity index (χ1) is 11.7. The monoisotopic (exact) mass is 316 g/mol. The Kier molecular flexibility index (Phi) is 3.42. The van der Waals surface area contributed by atoms with Crippen molar-refractivity contribution in [3.8, 4) is 5.95 Å². The van der Waals surface area contributed by atoms with E-state index in [4.69, 9.17) is 0 Å². The van der Waals surface area contributed by atoms with Gasteiger partial charge in [0.1, 0.15) is 6.33 Å². The summed E-state index contributed by atoms with van der Waals surface area (Å²) in [5, 5.41) is 19.4. The van der Waals surface area contributed by atoms with Crippen molar-refractivity contribution in [2.75, 3.05) is 0 Å². The zero-order chi connectivity index (χ0) is 16.5. The van der Waals surface area contributed by atoms with E-state index in [-0.39, 0.29) is 0 Å². The van der Waals surface area contributed by atoms with Gasteiger partial charge in [0.05, 0.1) is 11.9 Å². The number of hydrogen-bond acceptors (Lipinski definition) is 4. The van der Waals surface area contributed by atoms with Crippen LogP contribution >= 0.6 is 0 Å². The normalized spacial score (nSPS) is 11.6. The van der Waals surface area contributed by atoms with E-state index < -0.39 is 0 Å². The lowest BCUT2D eigenvalue weighted by Crippen LogP contribution is -2.06. The van der Waals surface area contributed by atoms with E-state index >= 15 is 0 Å². The second kappa shape index (κ2) is 5.73. The summed E-state index contributed by atoms with van der Waals surface area (Å²) in [5.74, 6) is 0.567. The largest absolute Gasteiger partial charge is 0.273 e. The Labute approximate surface area is 139 Å². The van der Waals surface area contributed by atoms with Crippen LogP contribution in [0.15, 0.2) is 60.0 Å². The zero-order valence-electron chi connectivity index (χ0n) is 13.5. The van der Waals surface area contributed by atoms with Gasteiger partial charge in [-0.15, -0.1) is 10.2 Å². The van der Waals surface area contributed by atoms with Gasteiger partial charge in [-0.1, -0.05) is 36.4 Å². The summed E-state index contributed by atoms with van der Waals surface area (Å²) >= 11 is 0. The fraction of sp³-hybridized carbons (Fsp3) is 0.111. The van der Waals surface area contributed by atoms with Crippen molar-refractivity contribution in [2.45, 2.75) is 13.8 Å². The SMILES string of the molecule is Cc1cc(C)n(-c2nncn2/N=C/c2ccc3ccccc3c2)n1. The van der Waals surface area contributed by atoms with E-state index in [2.05, 4.69) is 44.7 Å². The highest BCUT2D eigenvalue weighted by atomic mass is 15.5. The van der Waals surface area contributed by atoms with Crippen molar-refractivity contribution in [2.24, 2.45) is 5.10 Å². The van der Waals surface area contributed by atoms with Gasteiger partial charge in [-0.05, 0) is 42.3 Å². The molecule has 6 heteroatoms. The van der Waals surface area contributed by atoms with Gasteiger partial charge in [-0.2, -0.15) is 14.9 Å². The highest BCUT2D eigenvalue weighted by molar-refractivity contribution is 5.90. The van der Waals surface area contributed by atoms with Gasteiger partial charge in [-0.25, -0.2) is 4.68 Å². The highest BCUT2D eigenvalue weighted by Crippen LogP contribution is 2.15. The van der Waals surface area contributed by atoms with E-state index in [1.165, 1.54) is 10.8 Å². The molecule has 0 fully saturated rings. The summed E-state index contributed by atoms with van der Waals surface area (Å²) < 4.78 is 3.36. The number of nitrogens with zero attached hydrogens (tertiary/aromatic N) is 6. The third kappa shape index (κ3) is 2.58. The Morgan fingerprint density at radius 2 is 1.83 bits per heavy atom. The van der Waals surface area contributed by atoms with Crippen LogP contribution in [0.2, 0.25) is 0 Å². The number of aryl methyl sites for hydroxylation is 2. The van der Waals surface area contributed by atoms with Gasteiger partial charge in [0.2, 0.25) is 0 Å². The molecule has 24 heavy (non-hydrogen) atoms. The molecule has 0 unspecified atom stereocenters. The summed E-state index contributed by atoms with van der Waals surface area (Å²) in [7, 11) is 0. The van der Waals surface area contributed by atoms with Crippen LogP contribution in [-0.2, 0) is 0 Å². The molecule has 2 aromatic heterocycles. The van der Waals surface area contributed by atoms with Crippen molar-refractivity contribution in [3.63, 3.8) is 0 Å². The quantitative estimate of drug-likeness (QED) is 0.546. The first-order valence-electron chi connectivity index (χ1n) is 7.67. The number of rotatable bonds is 3. The maximum atomic E-state index is 4.48. The van der Waals surface area contributed by atoms with E-state index in [0.29, 0.717) is 5.95 Å². The minimum absolute atomic E-state index is 0.567. The molecule has 0 aliphatic heterocycles. The molecule has 0 aliphatic carbocycles. The number of aromatic nitrogens is 5. The Balaban J connectivity index is 1.69. The summed E-state index contributed by atoms with van der Waals surface area (Å²) in [4.78, 5) is 0. The third-order valence-corrected chi connectivity index (χ3v) is 3.82. The Morgan fingerprint density at radius 3 is 2.62 bits per heavy atom. The van der Waals surface area contributed by atoms with Gasteiger partial charge < -0.3 is 0 Å². The molecular weight excluding hydrogens is 300 g/mol. The molecule has 0 saturated heterocycles. The average Bonchev–Trinajstić information content (AvgIpc) is 3.18. The number of benzene rings is 2. The lowest BCUT2D eigenvalue weighted by molar-refractivity contribution is 0.717. The zero-order valence-corrected chi connectivity index (χ0v) is 13.5.